The van der Waals surface area contributed by atoms with E-state index >= 15 is 0 Å². The van der Waals surface area contributed by atoms with Crippen LogP contribution >= 0.6 is 0 Å². The van der Waals surface area contributed by atoms with Crippen LogP contribution in [0.15, 0.2) is 78.9 Å². The predicted octanol–water partition coefficient (Wildman–Crippen LogP) is 5.38. The van der Waals surface area contributed by atoms with Crippen LogP contribution in [0.25, 0.3) is 0 Å². The normalized spacial score (nSPS) is 14.5. The van der Waals surface area contributed by atoms with E-state index in [1.54, 1.807) is 17.0 Å². The molecule has 4 rings (SSSR count). The van der Waals surface area contributed by atoms with Crippen LogP contribution in [0, 0.1) is 12.7 Å². The molecule has 4 nitrogen and oxygen atoms in total. The average Bonchev–Trinajstić information content (AvgIpc) is 3.37. The average molecular weight is 473 g/mol. The maximum atomic E-state index is 13.7. The fraction of sp³-hybridized carbons (Fsp3) is 0.333. The minimum Gasteiger partial charge on any atom is -0.352 e. The summed E-state index contributed by atoms with van der Waals surface area (Å²) in [5, 5.41) is 3.21. The molecule has 1 atom stereocenters. The molecule has 35 heavy (non-hydrogen) atoms. The van der Waals surface area contributed by atoms with E-state index in [9.17, 15) is 14.0 Å². The molecule has 0 spiro atoms. The second kappa shape index (κ2) is 11.8. The molecule has 1 aliphatic rings. The van der Waals surface area contributed by atoms with Gasteiger partial charge in [-0.2, -0.15) is 0 Å². The number of rotatable bonds is 9. The van der Waals surface area contributed by atoms with E-state index in [0.717, 1.165) is 47.9 Å². The summed E-state index contributed by atoms with van der Waals surface area (Å²) >= 11 is 0. The number of nitrogens with one attached hydrogen (secondary N) is 1. The van der Waals surface area contributed by atoms with Crippen molar-refractivity contribution in [2.75, 3.05) is 0 Å². The SMILES string of the molecule is Cc1ccc(CC(=O)N(Cc2ccc(F)cc2)[C@H](Cc2ccccc2)C(=O)NC2CCCC2)cc1. The highest BCUT2D eigenvalue weighted by atomic mass is 19.1. The highest BCUT2D eigenvalue weighted by Gasteiger charge is 2.32. The number of carbonyl (C=O) groups is 2. The van der Waals surface area contributed by atoms with Crippen LogP contribution in [0.5, 0.6) is 0 Å². The molecule has 0 aromatic heterocycles. The van der Waals surface area contributed by atoms with E-state index < -0.39 is 6.04 Å². The summed E-state index contributed by atoms with van der Waals surface area (Å²) in [5.41, 5.74) is 3.81. The number of amides is 2. The van der Waals surface area contributed by atoms with Crippen LogP contribution in [0.2, 0.25) is 0 Å². The number of benzene rings is 3. The zero-order chi connectivity index (χ0) is 24.6. The zero-order valence-corrected chi connectivity index (χ0v) is 20.3. The van der Waals surface area contributed by atoms with Crippen molar-refractivity contribution in [1.82, 2.24) is 10.2 Å². The van der Waals surface area contributed by atoms with Gasteiger partial charge in [0.25, 0.3) is 0 Å². The first-order chi connectivity index (χ1) is 17.0. The Morgan fingerprint density at radius 2 is 1.51 bits per heavy atom. The molecule has 1 fully saturated rings. The van der Waals surface area contributed by atoms with Gasteiger partial charge in [0.05, 0.1) is 6.42 Å². The third-order valence-corrected chi connectivity index (χ3v) is 6.71. The van der Waals surface area contributed by atoms with E-state index in [1.165, 1.54) is 12.1 Å². The summed E-state index contributed by atoms with van der Waals surface area (Å²) in [6.45, 7) is 2.25. The summed E-state index contributed by atoms with van der Waals surface area (Å²) < 4.78 is 13.6. The molecular formula is C30H33FN2O2. The third-order valence-electron chi connectivity index (χ3n) is 6.71. The molecule has 3 aromatic carbocycles. The van der Waals surface area contributed by atoms with Gasteiger partial charge in [0.15, 0.2) is 0 Å². The van der Waals surface area contributed by atoms with Gasteiger partial charge in [-0.05, 0) is 48.6 Å². The first-order valence-corrected chi connectivity index (χ1v) is 12.4. The van der Waals surface area contributed by atoms with Crippen LogP contribution in [-0.4, -0.2) is 28.8 Å². The van der Waals surface area contributed by atoms with Crippen molar-refractivity contribution >= 4 is 11.8 Å². The summed E-state index contributed by atoms with van der Waals surface area (Å²) in [6, 6.07) is 23.3. The summed E-state index contributed by atoms with van der Waals surface area (Å²) in [6.07, 6.45) is 4.78. The molecular weight excluding hydrogens is 439 g/mol. The van der Waals surface area contributed by atoms with Crippen molar-refractivity contribution in [3.05, 3.63) is 107 Å². The second-order valence-corrected chi connectivity index (χ2v) is 9.51. The van der Waals surface area contributed by atoms with Crippen molar-refractivity contribution in [3.8, 4) is 0 Å². The summed E-state index contributed by atoms with van der Waals surface area (Å²) in [5.74, 6) is -0.577. The van der Waals surface area contributed by atoms with Gasteiger partial charge in [0, 0.05) is 19.0 Å². The van der Waals surface area contributed by atoms with Gasteiger partial charge in [-0.1, -0.05) is 85.1 Å². The molecule has 5 heteroatoms. The van der Waals surface area contributed by atoms with Crippen molar-refractivity contribution in [2.45, 2.75) is 64.1 Å². The van der Waals surface area contributed by atoms with Gasteiger partial charge in [0.1, 0.15) is 11.9 Å². The summed E-state index contributed by atoms with van der Waals surface area (Å²) in [4.78, 5) is 29.0. The molecule has 0 heterocycles. The number of halogens is 1. The lowest BCUT2D eigenvalue weighted by atomic mass is 10.0. The highest BCUT2D eigenvalue weighted by molar-refractivity contribution is 5.89. The molecule has 1 N–H and O–H groups in total. The van der Waals surface area contributed by atoms with E-state index in [-0.39, 0.29) is 36.6 Å². The fourth-order valence-electron chi connectivity index (χ4n) is 4.69. The van der Waals surface area contributed by atoms with Gasteiger partial charge in [-0.3, -0.25) is 9.59 Å². The van der Waals surface area contributed by atoms with Gasteiger partial charge in [-0.25, -0.2) is 4.39 Å². The van der Waals surface area contributed by atoms with E-state index in [2.05, 4.69) is 5.32 Å². The number of nitrogens with zero attached hydrogens (tertiary/aromatic N) is 1. The van der Waals surface area contributed by atoms with Crippen molar-refractivity contribution in [2.24, 2.45) is 0 Å². The van der Waals surface area contributed by atoms with Crippen molar-refractivity contribution < 1.29 is 14.0 Å². The van der Waals surface area contributed by atoms with Gasteiger partial charge >= 0.3 is 0 Å². The molecule has 0 unspecified atom stereocenters. The maximum absolute atomic E-state index is 13.7. The molecule has 0 bridgehead atoms. The molecule has 1 aliphatic carbocycles. The second-order valence-electron chi connectivity index (χ2n) is 9.51. The van der Waals surface area contributed by atoms with E-state index in [1.807, 2.05) is 61.5 Å². The Balaban J connectivity index is 1.64. The van der Waals surface area contributed by atoms with Gasteiger partial charge in [0.2, 0.25) is 11.8 Å². The quantitative estimate of drug-likeness (QED) is 0.455. The van der Waals surface area contributed by atoms with Gasteiger partial charge < -0.3 is 10.2 Å². The largest absolute Gasteiger partial charge is 0.352 e. The lowest BCUT2D eigenvalue weighted by molar-refractivity contribution is -0.141. The zero-order valence-electron chi connectivity index (χ0n) is 20.3. The molecule has 2 amide bonds. The minimum absolute atomic E-state index is 0.124. The standard InChI is InChI=1S/C30H33FN2O2/c1-22-11-13-24(14-12-22)20-29(34)33(21-25-15-17-26(31)18-16-25)28(19-23-7-3-2-4-8-23)30(35)32-27-9-5-6-10-27/h2-4,7-8,11-18,27-28H,5-6,9-10,19-21H2,1H3,(H,32,35)/t28-/m1/s1. The number of carbonyl (C=O) groups excluding carboxylic acids is 2. The Bertz CT molecular complexity index is 1110. The van der Waals surface area contributed by atoms with Crippen molar-refractivity contribution in [1.29, 1.82) is 0 Å². The van der Waals surface area contributed by atoms with Crippen molar-refractivity contribution in [3.63, 3.8) is 0 Å². The first kappa shape index (κ1) is 24.6. The Hall–Kier alpha value is -3.47. The lowest BCUT2D eigenvalue weighted by Crippen LogP contribution is -2.52. The molecule has 3 aromatic rings. The Morgan fingerprint density at radius 3 is 2.17 bits per heavy atom. The molecule has 182 valence electrons. The summed E-state index contributed by atoms with van der Waals surface area (Å²) in [7, 11) is 0. The minimum atomic E-state index is -0.666. The smallest absolute Gasteiger partial charge is 0.243 e. The lowest BCUT2D eigenvalue weighted by Gasteiger charge is -2.32. The Morgan fingerprint density at radius 1 is 0.886 bits per heavy atom. The topological polar surface area (TPSA) is 49.4 Å². The molecule has 0 radical (unpaired) electrons. The van der Waals surface area contributed by atoms with Crippen LogP contribution < -0.4 is 5.32 Å². The fourth-order valence-corrected chi connectivity index (χ4v) is 4.69. The number of aryl methyl sites for hydroxylation is 1. The van der Waals surface area contributed by atoms with Crippen LogP contribution in [0.4, 0.5) is 4.39 Å². The van der Waals surface area contributed by atoms with E-state index in [4.69, 9.17) is 0 Å². The molecule has 0 saturated heterocycles. The number of hydrogen-bond donors (Lipinski definition) is 1. The highest BCUT2D eigenvalue weighted by Crippen LogP contribution is 2.21. The third kappa shape index (κ3) is 7.01. The van der Waals surface area contributed by atoms with E-state index in [0.29, 0.717) is 6.42 Å². The first-order valence-electron chi connectivity index (χ1n) is 12.4. The predicted molar refractivity (Wildman–Crippen MR) is 136 cm³/mol. The number of hydrogen-bond acceptors (Lipinski definition) is 2. The Kier molecular flexibility index (Phi) is 8.30. The Labute approximate surface area is 207 Å². The van der Waals surface area contributed by atoms with Crippen LogP contribution in [0.1, 0.15) is 47.9 Å². The molecule has 0 aliphatic heterocycles. The molecule has 1 saturated carbocycles. The monoisotopic (exact) mass is 472 g/mol. The van der Waals surface area contributed by atoms with Gasteiger partial charge in [-0.15, -0.1) is 0 Å². The van der Waals surface area contributed by atoms with Crippen LogP contribution in [-0.2, 0) is 29.0 Å². The van der Waals surface area contributed by atoms with Crippen LogP contribution in [0.3, 0.4) is 0 Å². The maximum Gasteiger partial charge on any atom is 0.243 e.